The number of ketones is 2. The molecule has 3 aliphatic rings. The van der Waals surface area contributed by atoms with E-state index in [2.05, 4.69) is 145 Å². The van der Waals surface area contributed by atoms with E-state index in [1.54, 1.807) is 6.42 Å². The summed E-state index contributed by atoms with van der Waals surface area (Å²) >= 11 is 0. The van der Waals surface area contributed by atoms with Crippen molar-refractivity contribution in [2.45, 2.75) is 114 Å². The van der Waals surface area contributed by atoms with E-state index in [-0.39, 0.29) is 22.7 Å². The molecule has 0 bridgehead atoms. The van der Waals surface area contributed by atoms with Crippen LogP contribution in [0.3, 0.4) is 0 Å². The maximum atomic E-state index is 13.5. The van der Waals surface area contributed by atoms with Gasteiger partial charge in [0.05, 0.1) is 6.04 Å². The molecule has 1 atom stereocenters. The van der Waals surface area contributed by atoms with Gasteiger partial charge in [0.25, 0.3) is 0 Å². The largest absolute Gasteiger partial charge is 0.294 e. The molecule has 2 aliphatic carbocycles. The molecule has 0 aromatic heterocycles. The van der Waals surface area contributed by atoms with E-state index < -0.39 is 0 Å². The van der Waals surface area contributed by atoms with Gasteiger partial charge >= 0.3 is 0 Å². The topological polar surface area (TPSA) is 37.4 Å². The molecule has 0 aromatic carbocycles. The molecule has 263 valence electrons. The monoisotopic (exact) mass is 660 g/mol. The Hall–Kier alpha value is -3.56. The number of nitrogens with zero attached hydrogens (tertiary/aromatic N) is 1. The molecule has 1 heterocycles. The van der Waals surface area contributed by atoms with Gasteiger partial charge in [0.2, 0.25) is 0 Å². The quantitative estimate of drug-likeness (QED) is 0.207. The normalized spacial score (nSPS) is 24.2. The lowest BCUT2D eigenvalue weighted by Gasteiger charge is -2.41. The van der Waals surface area contributed by atoms with E-state index in [4.69, 9.17) is 0 Å². The highest BCUT2D eigenvalue weighted by Crippen LogP contribution is 2.42. The van der Waals surface area contributed by atoms with Crippen molar-refractivity contribution in [3.63, 3.8) is 0 Å². The van der Waals surface area contributed by atoms with Crippen molar-refractivity contribution in [1.82, 2.24) is 4.90 Å². The van der Waals surface area contributed by atoms with Gasteiger partial charge in [-0.1, -0.05) is 148 Å². The Morgan fingerprint density at radius 3 is 1.59 bits per heavy atom. The van der Waals surface area contributed by atoms with Crippen LogP contribution in [0.4, 0.5) is 0 Å². The summed E-state index contributed by atoms with van der Waals surface area (Å²) in [5.41, 5.74) is 8.65. The van der Waals surface area contributed by atoms with Crippen LogP contribution in [0.2, 0.25) is 0 Å². The summed E-state index contributed by atoms with van der Waals surface area (Å²) in [6, 6.07) is 0.0277. The molecule has 1 aliphatic heterocycles. The van der Waals surface area contributed by atoms with E-state index in [1.165, 1.54) is 36.8 Å². The average molecular weight is 661 g/mol. The van der Waals surface area contributed by atoms with Crippen LogP contribution in [-0.4, -0.2) is 35.6 Å². The summed E-state index contributed by atoms with van der Waals surface area (Å²) < 4.78 is 0. The molecule has 3 heteroatoms. The van der Waals surface area contributed by atoms with Crippen molar-refractivity contribution in [1.29, 1.82) is 0 Å². The summed E-state index contributed by atoms with van der Waals surface area (Å²) in [5, 5.41) is 0. The summed E-state index contributed by atoms with van der Waals surface area (Å²) in [4.78, 5) is 28.1. The molecule has 0 aromatic rings. The van der Waals surface area contributed by atoms with Gasteiger partial charge in [-0.25, -0.2) is 0 Å². The minimum Gasteiger partial charge on any atom is -0.294 e. The summed E-state index contributed by atoms with van der Waals surface area (Å²) in [6.07, 6.45) is 37.9. The highest BCUT2D eigenvalue weighted by atomic mass is 16.1. The molecule has 1 fully saturated rings. The zero-order chi connectivity index (χ0) is 36.2. The second-order valence-electron chi connectivity index (χ2n) is 15.6. The van der Waals surface area contributed by atoms with Crippen molar-refractivity contribution in [2.24, 2.45) is 10.8 Å². The minimum atomic E-state index is -0.0329. The van der Waals surface area contributed by atoms with E-state index in [0.29, 0.717) is 5.78 Å². The van der Waals surface area contributed by atoms with Crippen LogP contribution in [0, 0.1) is 17.3 Å². The van der Waals surface area contributed by atoms with Gasteiger partial charge in [-0.2, -0.15) is 0 Å². The first-order valence-corrected chi connectivity index (χ1v) is 18.3. The van der Waals surface area contributed by atoms with Crippen molar-refractivity contribution in [2.75, 3.05) is 13.1 Å². The number of carbonyl (C=O) groups excluding carboxylic acids is 2. The number of rotatable bonds is 11. The predicted molar refractivity (Wildman–Crippen MR) is 211 cm³/mol. The minimum absolute atomic E-state index is 0.0181. The third kappa shape index (κ3) is 12.1. The first-order chi connectivity index (χ1) is 23.1. The van der Waals surface area contributed by atoms with Crippen LogP contribution in [0.5, 0.6) is 0 Å². The van der Waals surface area contributed by atoms with Gasteiger partial charge in [0.15, 0.2) is 11.6 Å². The van der Waals surface area contributed by atoms with Gasteiger partial charge in [-0.15, -0.1) is 0 Å². The highest BCUT2D eigenvalue weighted by Gasteiger charge is 2.40. The summed E-state index contributed by atoms with van der Waals surface area (Å²) in [7, 11) is 0. The van der Waals surface area contributed by atoms with Gasteiger partial charge in [-0.3, -0.25) is 14.5 Å². The van der Waals surface area contributed by atoms with Gasteiger partial charge in [0.1, 0.15) is 0 Å². The molecule has 3 rings (SSSR count). The molecule has 3 nitrogen and oxygen atoms in total. The Morgan fingerprint density at radius 1 is 0.633 bits per heavy atom. The maximum absolute atomic E-state index is 13.5. The zero-order valence-corrected chi connectivity index (χ0v) is 32.2. The maximum Gasteiger partial charge on any atom is 0.175 e. The Labute approximate surface area is 299 Å². The van der Waals surface area contributed by atoms with Crippen LogP contribution in [0.15, 0.2) is 130 Å². The number of Topliss-reactive ketones (excluding diaryl/α,β-unsaturated/α-hetero) is 2. The number of likely N-dealkylation sites (tertiary alicyclic amines) is 1. The van der Waals surface area contributed by atoms with Gasteiger partial charge < -0.3 is 0 Å². The van der Waals surface area contributed by atoms with E-state index in [1.807, 2.05) is 13.8 Å². The molecule has 49 heavy (non-hydrogen) atoms. The third-order valence-corrected chi connectivity index (χ3v) is 10.2. The molecule has 1 unspecified atom stereocenters. The van der Waals surface area contributed by atoms with Crippen molar-refractivity contribution in [3.8, 4) is 0 Å². The van der Waals surface area contributed by atoms with E-state index in [9.17, 15) is 9.59 Å². The van der Waals surface area contributed by atoms with E-state index >= 15 is 0 Å². The lowest BCUT2D eigenvalue weighted by molar-refractivity contribution is -0.122. The SMILES string of the molecule is CC(C=CC=C(C)C=CC1=C(C)C(=O)[CH]CC1(C)C)=CC=CC=C(C)C=CC=C(C)C=CC1=C(C)C(=O)C(N2CCCCCC2)CC1(C)C. The Balaban J connectivity index is 1.54. The smallest absolute Gasteiger partial charge is 0.175 e. The Bertz CT molecular complexity index is 1560. The highest BCUT2D eigenvalue weighted by molar-refractivity contribution is 6.03. The number of allylic oxidation sites excluding steroid dienone is 21. The lowest BCUT2D eigenvalue weighted by Crippen LogP contribution is -2.48. The third-order valence-electron chi connectivity index (χ3n) is 10.2. The molecular weight excluding hydrogens is 599 g/mol. The molecule has 1 radical (unpaired) electrons. The van der Waals surface area contributed by atoms with Crippen LogP contribution >= 0.6 is 0 Å². The molecule has 0 spiro atoms. The standard InChI is InChI=1S/C46H62NO2/c1-34(21-17-23-36(3)25-27-40-38(5)43(48)29-30-45(40,7)8)19-13-14-20-35(2)22-18-24-37(4)26-28-41-39(6)44(49)42(33-46(41,9)10)47-31-15-11-12-16-32-47/h13-14,17-29,42H,11-12,15-16,30-33H2,1-10H3. The van der Waals surface area contributed by atoms with E-state index in [0.717, 1.165) is 59.4 Å². The fraction of sp³-hybridized carbons (Fsp3) is 0.457. The first kappa shape index (κ1) is 39.9. The molecule has 0 amide bonds. The average Bonchev–Trinajstić information content (AvgIpc) is 3.32. The molecular formula is C46H62NO2. The van der Waals surface area contributed by atoms with Gasteiger partial charge in [-0.05, 0) is 113 Å². The van der Waals surface area contributed by atoms with Crippen LogP contribution in [0.1, 0.15) is 108 Å². The molecule has 0 saturated carbocycles. The Morgan fingerprint density at radius 2 is 1.08 bits per heavy atom. The van der Waals surface area contributed by atoms with Gasteiger partial charge in [0, 0.05) is 6.42 Å². The van der Waals surface area contributed by atoms with Crippen LogP contribution < -0.4 is 0 Å². The number of hydrogen-bond donors (Lipinski definition) is 0. The fourth-order valence-corrected chi connectivity index (χ4v) is 7.00. The number of carbonyl (C=O) groups is 2. The Kier molecular flexibility index (Phi) is 15.0. The molecule has 0 N–H and O–H groups in total. The molecule has 1 saturated heterocycles. The zero-order valence-electron chi connectivity index (χ0n) is 32.2. The summed E-state index contributed by atoms with van der Waals surface area (Å²) in [5.74, 6) is 0.466. The number of hydrogen-bond acceptors (Lipinski definition) is 3. The lowest BCUT2D eigenvalue weighted by atomic mass is 9.69. The second-order valence-corrected chi connectivity index (χ2v) is 15.6. The van der Waals surface area contributed by atoms with Crippen molar-refractivity contribution < 1.29 is 9.59 Å². The van der Waals surface area contributed by atoms with Crippen LogP contribution in [-0.2, 0) is 9.59 Å². The summed E-state index contributed by atoms with van der Waals surface area (Å²) in [6.45, 7) is 23.4. The van der Waals surface area contributed by atoms with Crippen molar-refractivity contribution >= 4 is 11.6 Å². The van der Waals surface area contributed by atoms with Crippen LogP contribution in [0.25, 0.3) is 0 Å². The van der Waals surface area contributed by atoms with Crippen molar-refractivity contribution in [3.05, 3.63) is 136 Å². The fourth-order valence-electron chi connectivity index (χ4n) is 7.00. The second kappa shape index (κ2) is 18.4. The predicted octanol–water partition coefficient (Wildman–Crippen LogP) is 11.6. The first-order valence-electron chi connectivity index (χ1n) is 18.3.